The van der Waals surface area contributed by atoms with Gasteiger partial charge in [0, 0.05) is 17.6 Å². The smallest absolute Gasteiger partial charge is 0.275 e. The van der Waals surface area contributed by atoms with Crippen molar-refractivity contribution in [3.05, 3.63) is 71.3 Å². The molecule has 0 aromatic heterocycles. The molecule has 4 rings (SSSR count). The van der Waals surface area contributed by atoms with Gasteiger partial charge in [0.2, 0.25) is 0 Å². The Morgan fingerprint density at radius 3 is 1.74 bits per heavy atom. The number of carbonyl (C=O) groups is 2. The van der Waals surface area contributed by atoms with Crippen LogP contribution in [0.1, 0.15) is 104 Å². The maximum Gasteiger partial charge on any atom is 0.275 e. The summed E-state index contributed by atoms with van der Waals surface area (Å²) in [4.78, 5) is 27.7. The minimum absolute atomic E-state index is 0.0128. The Bertz CT molecular complexity index is 1240. The first kappa shape index (κ1) is 36.1. The van der Waals surface area contributed by atoms with E-state index in [0.29, 0.717) is 42.1 Å². The maximum atomic E-state index is 13.9. The van der Waals surface area contributed by atoms with Gasteiger partial charge in [0.1, 0.15) is 12.1 Å². The van der Waals surface area contributed by atoms with Gasteiger partial charge in [-0.25, -0.2) is 0 Å². The number of quaternary nitrogens is 1. The number of carbonyl (C=O) groups excluding carboxylic acids is 2. The summed E-state index contributed by atoms with van der Waals surface area (Å²) in [5, 5.41) is 18.5. The summed E-state index contributed by atoms with van der Waals surface area (Å²) < 4.78 is 0.262. The third kappa shape index (κ3) is 9.44. The van der Waals surface area contributed by atoms with Gasteiger partial charge < -0.3 is 20.2 Å². The number of likely N-dealkylation sites (N-methyl/N-ethyl adjacent to an activating group) is 1. The molecule has 0 spiro atoms. The molecule has 3 N–H and O–H groups in total. The van der Waals surface area contributed by atoms with Crippen molar-refractivity contribution in [1.29, 1.82) is 0 Å². The summed E-state index contributed by atoms with van der Waals surface area (Å²) in [6.45, 7) is 16.4. The van der Waals surface area contributed by atoms with Crippen LogP contribution in [0, 0.1) is 35.5 Å². The molecule has 0 saturated heterocycles. The van der Waals surface area contributed by atoms with Crippen molar-refractivity contribution in [3.63, 3.8) is 0 Å². The number of hydrogen-bond donors (Lipinski definition) is 3. The van der Waals surface area contributed by atoms with Gasteiger partial charge in [-0.2, -0.15) is 0 Å². The number of nitrogens with one attached hydrogen (secondary N) is 2. The molecule has 0 heterocycles. The zero-order valence-corrected chi connectivity index (χ0v) is 29.9. The normalized spacial score (nSPS) is 26.8. The van der Waals surface area contributed by atoms with Crippen molar-refractivity contribution < 1.29 is 19.2 Å². The van der Waals surface area contributed by atoms with E-state index in [-0.39, 0.29) is 41.5 Å². The van der Waals surface area contributed by atoms with E-state index < -0.39 is 5.60 Å². The quantitative estimate of drug-likeness (QED) is 0.220. The van der Waals surface area contributed by atoms with E-state index in [1.165, 1.54) is 12.8 Å². The molecule has 2 aliphatic rings. The topological polar surface area (TPSA) is 78.4 Å². The van der Waals surface area contributed by atoms with Crippen molar-refractivity contribution in [3.8, 4) is 0 Å². The molecule has 2 aromatic carbocycles. The first-order chi connectivity index (χ1) is 21.7. The zero-order valence-electron chi connectivity index (χ0n) is 29.9. The summed E-state index contributed by atoms with van der Waals surface area (Å²) in [5.74, 6) is 3.18. The van der Waals surface area contributed by atoms with E-state index in [2.05, 4.69) is 52.2 Å². The first-order valence-electron chi connectivity index (χ1n) is 18.0. The molecular weight excluding hydrogens is 570 g/mol. The summed E-state index contributed by atoms with van der Waals surface area (Å²) in [6.07, 6.45) is 6.72. The Morgan fingerprint density at radius 1 is 0.783 bits per heavy atom. The molecule has 2 aliphatic carbocycles. The lowest BCUT2D eigenvalue weighted by Crippen LogP contribution is -2.58. The third-order valence-electron chi connectivity index (χ3n) is 11.2. The average Bonchev–Trinajstić information content (AvgIpc) is 2.97. The molecule has 46 heavy (non-hydrogen) atoms. The van der Waals surface area contributed by atoms with Crippen molar-refractivity contribution in [1.82, 2.24) is 10.6 Å². The zero-order chi connectivity index (χ0) is 33.6. The Balaban J connectivity index is 1.57. The second-order valence-corrected chi connectivity index (χ2v) is 16.2. The Morgan fingerprint density at radius 2 is 1.26 bits per heavy atom. The Hall–Kier alpha value is -2.70. The van der Waals surface area contributed by atoms with Crippen molar-refractivity contribution in [2.24, 2.45) is 35.5 Å². The van der Waals surface area contributed by atoms with Crippen LogP contribution in [0.3, 0.4) is 0 Å². The molecular formula is C40H62N3O3+. The van der Waals surface area contributed by atoms with E-state index >= 15 is 0 Å². The van der Waals surface area contributed by atoms with Gasteiger partial charge in [-0.3, -0.25) is 9.59 Å². The third-order valence-corrected chi connectivity index (χ3v) is 11.2. The van der Waals surface area contributed by atoms with Gasteiger partial charge >= 0.3 is 0 Å². The Kier molecular flexibility index (Phi) is 12.2. The van der Waals surface area contributed by atoms with Crippen LogP contribution >= 0.6 is 0 Å². The van der Waals surface area contributed by atoms with Crippen LogP contribution in [0.2, 0.25) is 0 Å². The molecule has 1 unspecified atom stereocenters. The maximum absolute atomic E-state index is 13.9. The minimum atomic E-state index is -1.16. The summed E-state index contributed by atoms with van der Waals surface area (Å²) >= 11 is 0. The number of nitrogens with zero attached hydrogens (tertiary/aromatic N) is 1. The average molecular weight is 633 g/mol. The van der Waals surface area contributed by atoms with Crippen molar-refractivity contribution in [2.45, 2.75) is 111 Å². The number of benzene rings is 2. The fourth-order valence-electron chi connectivity index (χ4n) is 8.44. The van der Waals surface area contributed by atoms with Crippen LogP contribution in [0.4, 0.5) is 0 Å². The highest BCUT2D eigenvalue weighted by atomic mass is 16.3. The van der Waals surface area contributed by atoms with Crippen LogP contribution in [0.5, 0.6) is 0 Å². The lowest BCUT2D eigenvalue weighted by molar-refractivity contribution is -0.907. The van der Waals surface area contributed by atoms with Gasteiger partial charge in [0.25, 0.3) is 11.8 Å². The van der Waals surface area contributed by atoms with E-state index in [1.54, 1.807) is 0 Å². The highest BCUT2D eigenvalue weighted by Gasteiger charge is 2.37. The monoisotopic (exact) mass is 632 g/mol. The van der Waals surface area contributed by atoms with Crippen LogP contribution < -0.4 is 10.6 Å². The van der Waals surface area contributed by atoms with Crippen LogP contribution in [-0.2, 0) is 21.7 Å². The number of aliphatic hydroxyl groups is 1. The molecule has 2 amide bonds. The molecule has 0 bridgehead atoms. The fourth-order valence-corrected chi connectivity index (χ4v) is 8.44. The highest BCUT2D eigenvalue weighted by molar-refractivity contribution is 5.79. The van der Waals surface area contributed by atoms with Gasteiger partial charge in [-0.15, -0.1) is 0 Å². The second kappa shape index (κ2) is 15.5. The predicted molar refractivity (Wildman–Crippen MR) is 188 cm³/mol. The lowest BCUT2D eigenvalue weighted by atomic mass is 9.74. The SMILES string of the molecule is CC(C)[C@@H]1CC[C@@H](C)C[C@H]1NC(=O)C[N+](C)(CC(=O)N[C@@H]1C[C@H](C)CC[C@H]1C(C)C)Cc1cccc(C(C)(O)c2ccccc2)c1. The number of amides is 2. The van der Waals surface area contributed by atoms with Crippen molar-refractivity contribution in [2.75, 3.05) is 20.1 Å². The highest BCUT2D eigenvalue weighted by Crippen LogP contribution is 2.35. The van der Waals surface area contributed by atoms with E-state index in [9.17, 15) is 14.7 Å². The molecule has 0 radical (unpaired) electrons. The summed E-state index contributed by atoms with van der Waals surface area (Å²) in [5.41, 5.74) is 1.45. The van der Waals surface area contributed by atoms with E-state index in [1.807, 2.05) is 68.6 Å². The van der Waals surface area contributed by atoms with Crippen LogP contribution in [0.25, 0.3) is 0 Å². The number of rotatable bonds is 12. The lowest BCUT2D eigenvalue weighted by Gasteiger charge is -2.40. The van der Waals surface area contributed by atoms with Gasteiger partial charge in [0.05, 0.1) is 7.05 Å². The van der Waals surface area contributed by atoms with E-state index in [4.69, 9.17) is 0 Å². The van der Waals surface area contributed by atoms with Gasteiger partial charge in [-0.1, -0.05) is 103 Å². The van der Waals surface area contributed by atoms with Crippen LogP contribution in [-0.4, -0.2) is 53.6 Å². The molecule has 6 nitrogen and oxygen atoms in total. The van der Waals surface area contributed by atoms with Crippen LogP contribution in [0.15, 0.2) is 54.6 Å². The summed E-state index contributed by atoms with van der Waals surface area (Å²) in [7, 11) is 2.04. The van der Waals surface area contributed by atoms with Gasteiger partial charge in [0.15, 0.2) is 13.1 Å². The molecule has 7 atom stereocenters. The summed E-state index contributed by atoms with van der Waals surface area (Å²) in [6, 6.07) is 18.0. The number of hydrogen-bond acceptors (Lipinski definition) is 3. The standard InChI is InChI=1S/C40H61N3O3/c1-27(2)34-19-17-29(5)21-36(34)41-38(44)25-43(8,26-39(45)42-37-22-30(6)18-20-35(37)28(3)4)24-31-13-12-16-33(23-31)40(7,46)32-14-10-9-11-15-32/h9-16,23,27-30,34-37,46H,17-22,24-26H2,1-8H3,(H-,41,42,44,45)/p+1/t29-,30-,34+,35+,36-,37-,40?/m1/s1. The molecule has 0 aliphatic heterocycles. The molecule has 2 fully saturated rings. The van der Waals surface area contributed by atoms with E-state index in [0.717, 1.165) is 42.4 Å². The molecule has 2 aromatic rings. The van der Waals surface area contributed by atoms with Gasteiger partial charge in [-0.05, 0) is 85.3 Å². The first-order valence-corrected chi connectivity index (χ1v) is 18.0. The second-order valence-electron chi connectivity index (χ2n) is 16.2. The Labute approximate surface area is 279 Å². The molecule has 2 saturated carbocycles. The fraction of sp³-hybridized carbons (Fsp3) is 0.650. The molecule has 254 valence electrons. The van der Waals surface area contributed by atoms with Crippen molar-refractivity contribution >= 4 is 11.8 Å². The minimum Gasteiger partial charge on any atom is -0.381 e. The molecule has 6 heteroatoms. The predicted octanol–water partition coefficient (Wildman–Crippen LogP) is 7.04. The largest absolute Gasteiger partial charge is 0.381 e.